The van der Waals surface area contributed by atoms with Crippen LogP contribution in [0.15, 0.2) is 122 Å². The maximum Gasteiger partial charge on any atom is 0.307 e. The molecule has 1 amide bonds. The molecule has 0 saturated heterocycles. The van der Waals surface area contributed by atoms with E-state index in [0.717, 1.165) is 49.8 Å². The van der Waals surface area contributed by atoms with Crippen molar-refractivity contribution in [1.29, 1.82) is 5.26 Å². The Labute approximate surface area is 306 Å². The molecule has 11 nitrogen and oxygen atoms in total. The van der Waals surface area contributed by atoms with Gasteiger partial charge >= 0.3 is 5.97 Å². The van der Waals surface area contributed by atoms with Crippen molar-refractivity contribution in [2.24, 2.45) is 0 Å². The van der Waals surface area contributed by atoms with Crippen LogP contribution in [0.25, 0.3) is 48.5 Å². The van der Waals surface area contributed by atoms with E-state index < -0.39 is 5.97 Å². The summed E-state index contributed by atoms with van der Waals surface area (Å²) in [6, 6.07) is 31.4. The average molecular weight is 703 g/mol. The molecule has 0 atom stereocenters. The lowest BCUT2D eigenvalue weighted by Crippen LogP contribution is -2.14. The van der Waals surface area contributed by atoms with Crippen molar-refractivity contribution in [1.82, 2.24) is 19.9 Å². The summed E-state index contributed by atoms with van der Waals surface area (Å²) < 4.78 is 0. The van der Waals surface area contributed by atoms with Crippen LogP contribution in [0.4, 0.5) is 17.1 Å². The van der Waals surface area contributed by atoms with Gasteiger partial charge in [0.2, 0.25) is 5.91 Å². The Bertz CT molecular complexity index is 2630. The number of nitriles is 1. The molecule has 0 aliphatic rings. The van der Waals surface area contributed by atoms with Gasteiger partial charge in [0, 0.05) is 56.3 Å². The van der Waals surface area contributed by atoms with E-state index in [1.54, 1.807) is 61.1 Å². The molecule has 264 valence electrons. The minimum atomic E-state index is -0.878. The summed E-state index contributed by atoms with van der Waals surface area (Å²) >= 11 is 0. The SMILES string of the molecule is C.C.N#Cc1cccc(CC(=O)Nc2ccc3c(c2)[nH]c2cnccc23)c1.Nc1ccc2c(c1)[nH]c1cnccc12.[C-]#[N+]c1cccc(CC(=O)O)c1. The minimum Gasteiger partial charge on any atom is -0.481 e. The Morgan fingerprint density at radius 2 is 1.34 bits per heavy atom. The highest BCUT2D eigenvalue weighted by atomic mass is 16.4. The standard InChI is InChI=1S/C20H14N4O.C11H9N3.C9H7NO2.2CH4/c21-11-14-3-1-2-13(8-14)9-20(25)23-15-4-5-16-17-6-7-22-12-19(17)24-18(16)10-15;12-7-1-2-8-9-3-4-13-6-11(9)14-10(8)5-7;1-10-8-4-2-3-7(5-8)6-9(11)12;;/h1-8,10,12,24H,9H2,(H,23,25);1-6,14H,12H2;2-5H,6H2,(H,11,12);2*1H4. The molecule has 11 heteroatoms. The quantitative estimate of drug-likeness (QED) is 0.0876. The van der Waals surface area contributed by atoms with Crippen LogP contribution in [0.5, 0.6) is 0 Å². The number of H-pyrrole nitrogens is 2. The number of aromatic nitrogens is 4. The van der Waals surface area contributed by atoms with Crippen LogP contribution in [0.2, 0.25) is 0 Å². The first-order valence-corrected chi connectivity index (χ1v) is 15.7. The monoisotopic (exact) mass is 702 g/mol. The number of nitrogens with one attached hydrogen (secondary N) is 3. The van der Waals surface area contributed by atoms with Gasteiger partial charge in [-0.05, 0) is 59.7 Å². The molecular weight excluding hydrogens is 665 g/mol. The molecule has 0 radical (unpaired) electrons. The maximum atomic E-state index is 12.3. The Balaban J connectivity index is 0.000000191. The number of hydrogen-bond donors (Lipinski definition) is 5. The van der Waals surface area contributed by atoms with Gasteiger partial charge in [-0.3, -0.25) is 19.6 Å². The number of benzene rings is 4. The third kappa shape index (κ3) is 9.39. The van der Waals surface area contributed by atoms with Crippen LogP contribution in [0.1, 0.15) is 31.5 Å². The molecule has 0 aliphatic carbocycles. The number of aromatic amines is 2. The van der Waals surface area contributed by atoms with Crippen LogP contribution in [-0.2, 0) is 22.4 Å². The minimum absolute atomic E-state index is 0. The van der Waals surface area contributed by atoms with Crippen molar-refractivity contribution >= 4 is 72.6 Å². The number of rotatable bonds is 5. The zero-order valence-electron chi connectivity index (χ0n) is 27.1. The number of amides is 1. The lowest BCUT2D eigenvalue weighted by atomic mass is 10.1. The summed E-state index contributed by atoms with van der Waals surface area (Å²) in [6.07, 6.45) is 7.38. The van der Waals surface area contributed by atoms with Crippen molar-refractivity contribution in [2.75, 3.05) is 11.1 Å². The second-order valence-corrected chi connectivity index (χ2v) is 11.5. The van der Waals surface area contributed by atoms with Gasteiger partial charge in [-0.25, -0.2) is 4.85 Å². The second kappa shape index (κ2) is 17.4. The van der Waals surface area contributed by atoms with Crippen molar-refractivity contribution in [2.45, 2.75) is 27.7 Å². The van der Waals surface area contributed by atoms with Crippen LogP contribution in [-0.4, -0.2) is 36.9 Å². The van der Waals surface area contributed by atoms with Gasteiger partial charge in [-0.2, -0.15) is 5.26 Å². The largest absolute Gasteiger partial charge is 0.481 e. The number of carboxylic acids is 1. The Kier molecular flexibility index (Phi) is 12.6. The maximum absolute atomic E-state index is 12.3. The first-order valence-electron chi connectivity index (χ1n) is 15.7. The number of nitrogens with zero attached hydrogens (tertiary/aromatic N) is 4. The van der Waals surface area contributed by atoms with Crippen molar-refractivity contribution in [3.63, 3.8) is 0 Å². The molecule has 0 saturated carbocycles. The summed E-state index contributed by atoms with van der Waals surface area (Å²) in [6.45, 7) is 6.70. The zero-order valence-corrected chi connectivity index (χ0v) is 27.1. The van der Waals surface area contributed by atoms with E-state index in [1.807, 2.05) is 60.8 Å². The van der Waals surface area contributed by atoms with Gasteiger partial charge in [-0.15, -0.1) is 0 Å². The van der Waals surface area contributed by atoms with E-state index in [-0.39, 0.29) is 33.6 Å². The summed E-state index contributed by atoms with van der Waals surface area (Å²) in [5.74, 6) is -0.996. The zero-order chi connectivity index (χ0) is 35.7. The van der Waals surface area contributed by atoms with E-state index in [9.17, 15) is 9.59 Å². The normalized spacial score (nSPS) is 10.0. The fourth-order valence-corrected chi connectivity index (χ4v) is 5.66. The molecule has 6 N–H and O–H groups in total. The molecule has 0 bridgehead atoms. The molecule has 4 aromatic carbocycles. The van der Waals surface area contributed by atoms with Crippen LogP contribution in [0, 0.1) is 17.9 Å². The Morgan fingerprint density at radius 3 is 1.96 bits per heavy atom. The number of carbonyl (C=O) groups excluding carboxylic acids is 1. The Hall–Kier alpha value is -7.50. The van der Waals surface area contributed by atoms with Crippen LogP contribution >= 0.6 is 0 Å². The number of aliphatic carboxylic acids is 1. The van der Waals surface area contributed by atoms with Gasteiger partial charge in [0.05, 0.1) is 54.5 Å². The lowest BCUT2D eigenvalue weighted by molar-refractivity contribution is -0.136. The molecule has 8 rings (SSSR count). The predicted octanol–water partition coefficient (Wildman–Crippen LogP) is 9.20. The summed E-state index contributed by atoms with van der Waals surface area (Å²) in [5.41, 5.74) is 13.8. The van der Waals surface area contributed by atoms with Gasteiger partial charge in [-0.1, -0.05) is 63.4 Å². The van der Waals surface area contributed by atoms with E-state index in [1.165, 1.54) is 10.8 Å². The topological polar surface area (TPSA) is 178 Å². The average Bonchev–Trinajstić information content (AvgIpc) is 3.69. The van der Waals surface area contributed by atoms with Crippen molar-refractivity contribution in [3.8, 4) is 6.07 Å². The van der Waals surface area contributed by atoms with E-state index in [0.29, 0.717) is 16.8 Å². The lowest BCUT2D eigenvalue weighted by Gasteiger charge is -2.06. The summed E-state index contributed by atoms with van der Waals surface area (Å²) in [4.78, 5) is 40.5. The first-order chi connectivity index (χ1) is 24.8. The number of nitrogen functional groups attached to an aromatic ring is 1. The number of carbonyl (C=O) groups is 2. The number of anilines is 2. The van der Waals surface area contributed by atoms with E-state index >= 15 is 0 Å². The number of fused-ring (bicyclic) bond motifs is 6. The number of hydrogen-bond acceptors (Lipinski definition) is 6. The summed E-state index contributed by atoms with van der Waals surface area (Å²) in [7, 11) is 0. The first kappa shape index (κ1) is 38.3. The molecule has 0 fully saturated rings. The molecule has 0 spiro atoms. The number of nitrogens with two attached hydrogens (primary N) is 1. The van der Waals surface area contributed by atoms with E-state index in [4.69, 9.17) is 22.7 Å². The van der Waals surface area contributed by atoms with Gasteiger partial charge < -0.3 is 26.1 Å². The van der Waals surface area contributed by atoms with Crippen molar-refractivity contribution < 1.29 is 14.7 Å². The highest BCUT2D eigenvalue weighted by molar-refractivity contribution is 6.09. The summed E-state index contributed by atoms with van der Waals surface area (Å²) in [5, 5.41) is 24.9. The third-order valence-electron chi connectivity index (χ3n) is 7.92. The highest BCUT2D eigenvalue weighted by Crippen LogP contribution is 2.27. The van der Waals surface area contributed by atoms with Gasteiger partial charge in [0.1, 0.15) is 0 Å². The highest BCUT2D eigenvalue weighted by Gasteiger charge is 2.09. The molecule has 8 aromatic rings. The molecule has 0 unspecified atom stereocenters. The molecule has 0 aliphatic heterocycles. The molecule has 4 aromatic heterocycles. The Morgan fingerprint density at radius 1 is 0.755 bits per heavy atom. The van der Waals surface area contributed by atoms with Gasteiger partial charge in [0.15, 0.2) is 5.69 Å². The third-order valence-corrected chi connectivity index (χ3v) is 7.92. The molecule has 4 heterocycles. The second-order valence-electron chi connectivity index (χ2n) is 11.5. The molecule has 53 heavy (non-hydrogen) atoms. The number of pyridine rings is 2. The van der Waals surface area contributed by atoms with Crippen molar-refractivity contribution in [3.05, 3.63) is 150 Å². The van der Waals surface area contributed by atoms with Crippen LogP contribution in [0.3, 0.4) is 0 Å². The van der Waals surface area contributed by atoms with E-state index in [2.05, 4.69) is 36.2 Å². The number of carboxylic acid groups (broad SMARTS) is 1. The predicted molar refractivity (Wildman–Crippen MR) is 213 cm³/mol. The molecular formula is C42H38N8O3. The van der Waals surface area contributed by atoms with Crippen LogP contribution < -0.4 is 11.1 Å². The van der Waals surface area contributed by atoms with Gasteiger partial charge in [0.25, 0.3) is 0 Å². The fourth-order valence-electron chi connectivity index (χ4n) is 5.66. The smallest absolute Gasteiger partial charge is 0.307 e. The fraction of sp³-hybridized carbons (Fsp3) is 0.0952.